The van der Waals surface area contributed by atoms with Crippen molar-refractivity contribution in [2.75, 3.05) is 13.1 Å². The molecular weight excluding hydrogens is 240 g/mol. The maximum Gasteiger partial charge on any atom is 0.274 e. The van der Waals surface area contributed by atoms with Crippen LogP contribution in [0.2, 0.25) is 5.02 Å². The smallest absolute Gasteiger partial charge is 0.274 e. The summed E-state index contributed by atoms with van der Waals surface area (Å²) in [6, 6.07) is 4.81. The molecule has 0 bridgehead atoms. The quantitative estimate of drug-likeness (QED) is 0.484. The summed E-state index contributed by atoms with van der Waals surface area (Å²) in [6.45, 7) is 5.90. The average molecular weight is 257 g/mol. The summed E-state index contributed by atoms with van der Waals surface area (Å²) in [5, 5.41) is 14.5. The normalized spacial score (nSPS) is 10.8. The highest BCUT2D eigenvalue weighted by Gasteiger charge is 2.13. The number of benzene rings is 1. The van der Waals surface area contributed by atoms with Gasteiger partial charge in [-0.3, -0.25) is 10.1 Å². The highest BCUT2D eigenvalue weighted by molar-refractivity contribution is 6.30. The highest BCUT2D eigenvalue weighted by atomic mass is 35.5. The monoisotopic (exact) mass is 256 g/mol. The summed E-state index contributed by atoms with van der Waals surface area (Å²) in [5.74, 6) is 0.579. The van der Waals surface area contributed by atoms with Crippen molar-refractivity contribution < 1.29 is 4.92 Å². The molecule has 0 aliphatic rings. The third kappa shape index (κ3) is 4.71. The molecule has 0 heterocycles. The van der Waals surface area contributed by atoms with E-state index in [1.807, 2.05) is 0 Å². The lowest BCUT2D eigenvalue weighted by atomic mass is 10.1. The van der Waals surface area contributed by atoms with Crippen molar-refractivity contribution in [3.8, 4) is 0 Å². The van der Waals surface area contributed by atoms with Gasteiger partial charge in [0.25, 0.3) is 5.69 Å². The number of nitrogens with zero attached hydrogens (tertiary/aromatic N) is 1. The van der Waals surface area contributed by atoms with E-state index in [1.54, 1.807) is 12.1 Å². The van der Waals surface area contributed by atoms with Crippen LogP contribution in [0.15, 0.2) is 18.2 Å². The second-order valence-corrected chi connectivity index (χ2v) is 4.81. The Kier molecular flexibility index (Phi) is 5.38. The van der Waals surface area contributed by atoms with Crippen LogP contribution in [0, 0.1) is 16.0 Å². The fourth-order valence-electron chi connectivity index (χ4n) is 1.53. The molecule has 0 aromatic heterocycles. The molecule has 0 spiro atoms. The van der Waals surface area contributed by atoms with E-state index in [0.717, 1.165) is 18.7 Å². The molecule has 0 unspecified atom stereocenters. The summed E-state index contributed by atoms with van der Waals surface area (Å²) < 4.78 is 0. The van der Waals surface area contributed by atoms with Crippen molar-refractivity contribution in [3.05, 3.63) is 38.9 Å². The fraction of sp³-hybridized carbons (Fsp3) is 0.500. The summed E-state index contributed by atoms with van der Waals surface area (Å²) in [5.41, 5.74) is 0.819. The maximum absolute atomic E-state index is 10.8. The van der Waals surface area contributed by atoms with E-state index in [2.05, 4.69) is 19.2 Å². The Morgan fingerprint density at radius 3 is 2.76 bits per heavy atom. The second-order valence-electron chi connectivity index (χ2n) is 4.38. The van der Waals surface area contributed by atoms with Gasteiger partial charge in [0.2, 0.25) is 0 Å². The third-order valence-corrected chi connectivity index (χ3v) is 2.60. The van der Waals surface area contributed by atoms with Crippen molar-refractivity contribution in [2.24, 2.45) is 5.92 Å². The van der Waals surface area contributed by atoms with Gasteiger partial charge in [0.05, 0.1) is 4.92 Å². The van der Waals surface area contributed by atoms with E-state index in [9.17, 15) is 10.1 Å². The Balaban J connectivity index is 2.61. The van der Waals surface area contributed by atoms with Crippen molar-refractivity contribution in [2.45, 2.75) is 20.3 Å². The van der Waals surface area contributed by atoms with Crippen molar-refractivity contribution in [1.82, 2.24) is 5.32 Å². The minimum absolute atomic E-state index is 0.101. The fourth-order valence-corrected chi connectivity index (χ4v) is 1.70. The van der Waals surface area contributed by atoms with Crippen LogP contribution in [0.1, 0.15) is 19.4 Å². The largest absolute Gasteiger partial charge is 0.316 e. The maximum atomic E-state index is 10.8. The van der Waals surface area contributed by atoms with Gasteiger partial charge in [0.1, 0.15) is 0 Å². The number of nitro benzene ring substituents is 1. The lowest BCUT2D eigenvalue weighted by Gasteiger charge is -2.07. The number of halogens is 1. The van der Waals surface area contributed by atoms with Crippen LogP contribution in [0.3, 0.4) is 0 Å². The number of nitrogens with one attached hydrogen (secondary N) is 1. The number of hydrogen-bond donors (Lipinski definition) is 1. The zero-order valence-electron chi connectivity index (χ0n) is 10.1. The number of rotatable bonds is 6. The van der Waals surface area contributed by atoms with E-state index < -0.39 is 0 Å². The minimum atomic E-state index is -0.385. The van der Waals surface area contributed by atoms with Crippen LogP contribution in [0.5, 0.6) is 0 Å². The topological polar surface area (TPSA) is 55.2 Å². The van der Waals surface area contributed by atoms with Gasteiger partial charge in [-0.2, -0.15) is 0 Å². The predicted molar refractivity (Wildman–Crippen MR) is 69.5 cm³/mol. The second kappa shape index (κ2) is 6.57. The Morgan fingerprint density at radius 1 is 1.47 bits per heavy atom. The molecule has 0 saturated heterocycles. The van der Waals surface area contributed by atoms with Crippen LogP contribution in [0.25, 0.3) is 0 Å². The first-order chi connectivity index (χ1) is 8.00. The molecule has 4 nitrogen and oxygen atoms in total. The zero-order valence-corrected chi connectivity index (χ0v) is 10.8. The summed E-state index contributed by atoms with van der Waals surface area (Å²) in [6.07, 6.45) is 0.639. The molecule has 0 aliphatic carbocycles. The van der Waals surface area contributed by atoms with Gasteiger partial charge in [0.15, 0.2) is 0 Å². The molecule has 1 aromatic rings. The SMILES string of the molecule is CC(C)CNCCc1ccc(Cl)cc1[N+](=O)[O-]. The number of nitro groups is 1. The molecule has 1 N–H and O–H groups in total. The molecule has 0 aliphatic heterocycles. The molecule has 0 saturated carbocycles. The van der Waals surface area contributed by atoms with E-state index in [-0.39, 0.29) is 10.6 Å². The molecule has 1 aromatic carbocycles. The Bertz CT molecular complexity index is 394. The first-order valence-corrected chi connectivity index (χ1v) is 6.02. The molecule has 1 rings (SSSR count). The lowest BCUT2D eigenvalue weighted by Crippen LogP contribution is -2.22. The van der Waals surface area contributed by atoms with Gasteiger partial charge in [-0.05, 0) is 31.5 Å². The molecular formula is C12H17ClN2O2. The van der Waals surface area contributed by atoms with Gasteiger partial charge in [-0.15, -0.1) is 0 Å². The van der Waals surface area contributed by atoms with Crippen LogP contribution in [-0.2, 0) is 6.42 Å². The highest BCUT2D eigenvalue weighted by Crippen LogP contribution is 2.23. The van der Waals surface area contributed by atoms with Crippen molar-refractivity contribution in [3.63, 3.8) is 0 Å². The standard InChI is InChI=1S/C12H17ClN2O2/c1-9(2)8-14-6-5-10-3-4-11(13)7-12(10)15(16)17/h3-4,7,9,14H,5-6,8H2,1-2H3. The van der Waals surface area contributed by atoms with Gasteiger partial charge >= 0.3 is 0 Å². The van der Waals surface area contributed by atoms with E-state index in [4.69, 9.17) is 11.6 Å². The van der Waals surface area contributed by atoms with Gasteiger partial charge in [-0.1, -0.05) is 31.5 Å². The van der Waals surface area contributed by atoms with Crippen LogP contribution in [-0.4, -0.2) is 18.0 Å². The summed E-state index contributed by atoms with van der Waals surface area (Å²) >= 11 is 5.74. The lowest BCUT2D eigenvalue weighted by molar-refractivity contribution is -0.385. The molecule has 0 radical (unpaired) electrons. The van der Waals surface area contributed by atoms with Crippen molar-refractivity contribution in [1.29, 1.82) is 0 Å². The van der Waals surface area contributed by atoms with Gasteiger partial charge in [0, 0.05) is 16.7 Å². The molecule has 0 fully saturated rings. The first kappa shape index (κ1) is 13.9. The van der Waals surface area contributed by atoms with Gasteiger partial charge in [-0.25, -0.2) is 0 Å². The first-order valence-electron chi connectivity index (χ1n) is 5.64. The Labute approximate surface area is 106 Å². The Hall–Kier alpha value is -1.13. The molecule has 5 heteroatoms. The van der Waals surface area contributed by atoms with Crippen LogP contribution in [0.4, 0.5) is 5.69 Å². The van der Waals surface area contributed by atoms with E-state index >= 15 is 0 Å². The minimum Gasteiger partial charge on any atom is -0.316 e. The predicted octanol–water partition coefficient (Wildman–Crippen LogP) is 3.04. The van der Waals surface area contributed by atoms with E-state index in [1.165, 1.54) is 6.07 Å². The summed E-state index contributed by atoms with van der Waals surface area (Å²) in [7, 11) is 0. The van der Waals surface area contributed by atoms with Crippen LogP contribution >= 0.6 is 11.6 Å². The summed E-state index contributed by atoms with van der Waals surface area (Å²) in [4.78, 5) is 10.5. The van der Waals surface area contributed by atoms with Gasteiger partial charge < -0.3 is 5.32 Å². The molecule has 17 heavy (non-hydrogen) atoms. The van der Waals surface area contributed by atoms with Crippen LogP contribution < -0.4 is 5.32 Å². The number of hydrogen-bond acceptors (Lipinski definition) is 3. The average Bonchev–Trinajstić information content (AvgIpc) is 2.25. The molecule has 0 amide bonds. The van der Waals surface area contributed by atoms with E-state index in [0.29, 0.717) is 17.4 Å². The third-order valence-electron chi connectivity index (χ3n) is 2.37. The molecule has 0 atom stereocenters. The van der Waals surface area contributed by atoms with Crippen molar-refractivity contribution >= 4 is 17.3 Å². The molecule has 94 valence electrons. The Morgan fingerprint density at radius 2 is 2.18 bits per heavy atom. The zero-order chi connectivity index (χ0) is 12.8.